The van der Waals surface area contributed by atoms with Crippen LogP contribution in [0.4, 0.5) is 0 Å². The van der Waals surface area contributed by atoms with Gasteiger partial charge in [0.05, 0.1) is 52.8 Å². The van der Waals surface area contributed by atoms with Crippen molar-refractivity contribution in [2.24, 2.45) is 4.99 Å². The molecular weight excluding hydrogens is 703 g/mol. The average molecular weight is 729 g/mol. The van der Waals surface area contributed by atoms with Gasteiger partial charge in [0, 0.05) is 4.47 Å². The van der Waals surface area contributed by atoms with Gasteiger partial charge < -0.3 is 24.1 Å². The Bertz CT molecular complexity index is 1660. The van der Waals surface area contributed by atoms with E-state index in [1.54, 1.807) is 44.2 Å². The van der Waals surface area contributed by atoms with Crippen LogP contribution < -0.4 is 29.1 Å². The van der Waals surface area contributed by atoms with Crippen molar-refractivity contribution in [3.63, 3.8) is 0 Å². The van der Waals surface area contributed by atoms with Gasteiger partial charge in [0.15, 0.2) is 27.8 Å². The maximum Gasteiger partial charge on any atom is 0.338 e. The van der Waals surface area contributed by atoms with Crippen LogP contribution in [0.5, 0.6) is 23.0 Å². The van der Waals surface area contributed by atoms with Crippen LogP contribution in [0.2, 0.25) is 0 Å². The SMILES string of the molecule is CCOC(=O)C1=C(C)N=c2s/c(=C/c3cc(I)c(O)c(OC)c3)c(=O)n2[C@@H]1c1cc(OC)c(OCC)cc1Br. The van der Waals surface area contributed by atoms with E-state index >= 15 is 0 Å². The molecule has 12 heteroatoms. The lowest BCUT2D eigenvalue weighted by Crippen LogP contribution is -2.40. The number of fused-ring (bicyclic) bond motifs is 1. The van der Waals surface area contributed by atoms with Crippen LogP contribution in [0.1, 0.15) is 37.9 Å². The molecule has 0 saturated heterocycles. The minimum absolute atomic E-state index is 0.0284. The summed E-state index contributed by atoms with van der Waals surface area (Å²) < 4.78 is 25.0. The summed E-state index contributed by atoms with van der Waals surface area (Å²) in [4.78, 5) is 32.2. The van der Waals surface area contributed by atoms with Gasteiger partial charge in [-0.25, -0.2) is 9.79 Å². The summed E-state index contributed by atoms with van der Waals surface area (Å²) in [5.74, 6) is 0.749. The molecule has 2 aromatic carbocycles. The van der Waals surface area contributed by atoms with Crippen LogP contribution in [0.25, 0.3) is 6.08 Å². The van der Waals surface area contributed by atoms with Crippen LogP contribution >= 0.6 is 49.9 Å². The first-order chi connectivity index (χ1) is 18.6. The third kappa shape index (κ3) is 5.59. The molecule has 2 heterocycles. The zero-order valence-corrected chi connectivity index (χ0v) is 26.4. The number of benzene rings is 2. The molecule has 4 rings (SSSR count). The number of carbonyl (C=O) groups excluding carboxylic acids is 1. The second-order valence-electron chi connectivity index (χ2n) is 8.31. The van der Waals surface area contributed by atoms with Crippen LogP contribution in [-0.4, -0.2) is 43.1 Å². The predicted molar refractivity (Wildman–Crippen MR) is 160 cm³/mol. The quantitative estimate of drug-likeness (QED) is 0.273. The number of methoxy groups -OCH3 is 2. The number of rotatable bonds is 8. The number of hydrogen-bond acceptors (Lipinski definition) is 9. The third-order valence-corrected chi connectivity index (χ3v) is 8.45. The van der Waals surface area contributed by atoms with Crippen LogP contribution in [0.15, 0.2) is 49.8 Å². The lowest BCUT2D eigenvalue weighted by Gasteiger charge is -2.26. The van der Waals surface area contributed by atoms with Gasteiger partial charge in [-0.1, -0.05) is 27.3 Å². The Hall–Kier alpha value is -2.84. The minimum atomic E-state index is -0.837. The van der Waals surface area contributed by atoms with Gasteiger partial charge in [0.25, 0.3) is 5.56 Å². The largest absolute Gasteiger partial charge is 0.504 e. The zero-order chi connectivity index (χ0) is 28.4. The van der Waals surface area contributed by atoms with Gasteiger partial charge in [-0.15, -0.1) is 0 Å². The number of thiazole rings is 1. The minimum Gasteiger partial charge on any atom is -0.504 e. The zero-order valence-electron chi connectivity index (χ0n) is 21.8. The Morgan fingerprint density at radius 2 is 1.87 bits per heavy atom. The Balaban J connectivity index is 2.00. The second-order valence-corrected chi connectivity index (χ2v) is 11.3. The molecule has 1 N–H and O–H groups in total. The number of nitrogens with zero attached hydrogens (tertiary/aromatic N) is 2. The molecule has 1 aliphatic rings. The van der Waals surface area contributed by atoms with Gasteiger partial charge in [0.1, 0.15) is 0 Å². The molecule has 39 heavy (non-hydrogen) atoms. The van der Waals surface area contributed by atoms with E-state index in [1.165, 1.54) is 30.1 Å². The molecule has 0 amide bonds. The maximum atomic E-state index is 13.9. The van der Waals surface area contributed by atoms with E-state index < -0.39 is 12.0 Å². The van der Waals surface area contributed by atoms with Gasteiger partial charge in [-0.2, -0.15) is 0 Å². The summed E-state index contributed by atoms with van der Waals surface area (Å²) in [6.45, 7) is 5.92. The molecule has 0 saturated carbocycles. The molecule has 1 aromatic heterocycles. The van der Waals surface area contributed by atoms with Crippen molar-refractivity contribution < 1.29 is 28.8 Å². The second kappa shape index (κ2) is 12.1. The summed E-state index contributed by atoms with van der Waals surface area (Å²) in [6.07, 6.45) is 1.71. The van der Waals surface area contributed by atoms with Gasteiger partial charge in [0.2, 0.25) is 0 Å². The number of phenolic OH excluding ortho intramolecular Hbond substituents is 1. The van der Waals surface area contributed by atoms with Gasteiger partial charge in [-0.3, -0.25) is 9.36 Å². The van der Waals surface area contributed by atoms with Gasteiger partial charge >= 0.3 is 5.97 Å². The van der Waals surface area contributed by atoms with Crippen molar-refractivity contribution in [1.29, 1.82) is 0 Å². The third-order valence-electron chi connectivity index (χ3n) is 5.96. The fourth-order valence-electron chi connectivity index (χ4n) is 4.26. The first-order valence-electron chi connectivity index (χ1n) is 11.9. The Labute approximate surface area is 250 Å². The van der Waals surface area contributed by atoms with Crippen LogP contribution in [-0.2, 0) is 9.53 Å². The topological polar surface area (TPSA) is 109 Å². The summed E-state index contributed by atoms with van der Waals surface area (Å²) >= 11 is 6.82. The van der Waals surface area contributed by atoms with Crippen molar-refractivity contribution in [3.8, 4) is 23.0 Å². The van der Waals surface area contributed by atoms with Crippen molar-refractivity contribution in [2.45, 2.75) is 26.8 Å². The number of allylic oxidation sites excluding steroid dienone is 1. The van der Waals surface area contributed by atoms with E-state index in [-0.39, 0.29) is 23.5 Å². The number of esters is 1. The highest BCUT2D eigenvalue weighted by Crippen LogP contribution is 2.41. The molecule has 3 aromatic rings. The summed E-state index contributed by atoms with van der Waals surface area (Å²) in [5.41, 5.74) is 1.65. The molecule has 0 fully saturated rings. The normalized spacial score (nSPS) is 15.1. The molecule has 0 aliphatic carbocycles. The number of aromatic nitrogens is 1. The summed E-state index contributed by atoms with van der Waals surface area (Å²) in [7, 11) is 2.99. The summed E-state index contributed by atoms with van der Waals surface area (Å²) in [5, 5.41) is 10.2. The fraction of sp³-hybridized carbons (Fsp3) is 0.296. The molecule has 0 spiro atoms. The van der Waals surface area contributed by atoms with E-state index in [9.17, 15) is 14.7 Å². The monoisotopic (exact) mass is 728 g/mol. The highest BCUT2D eigenvalue weighted by molar-refractivity contribution is 14.1. The van der Waals surface area contributed by atoms with Crippen molar-refractivity contribution in [3.05, 3.63) is 74.4 Å². The van der Waals surface area contributed by atoms with E-state index in [1.807, 2.05) is 29.5 Å². The number of phenols is 1. The maximum absolute atomic E-state index is 13.9. The Morgan fingerprint density at radius 3 is 2.51 bits per heavy atom. The molecule has 1 atom stereocenters. The van der Waals surface area contributed by atoms with Crippen molar-refractivity contribution in [1.82, 2.24) is 4.57 Å². The number of aromatic hydroxyl groups is 1. The molecule has 0 radical (unpaired) electrons. The smallest absolute Gasteiger partial charge is 0.338 e. The van der Waals surface area contributed by atoms with Gasteiger partial charge in [-0.05, 0) is 84.8 Å². The highest BCUT2D eigenvalue weighted by Gasteiger charge is 2.35. The number of hydrogen-bond donors (Lipinski definition) is 1. The average Bonchev–Trinajstić information content (AvgIpc) is 3.20. The molecule has 0 bridgehead atoms. The van der Waals surface area contributed by atoms with Crippen molar-refractivity contribution in [2.75, 3.05) is 27.4 Å². The van der Waals surface area contributed by atoms with E-state index in [0.29, 0.717) is 58.1 Å². The first kappa shape index (κ1) is 29.2. The number of carbonyl (C=O) groups is 1. The Kier molecular flexibility index (Phi) is 9.07. The highest BCUT2D eigenvalue weighted by atomic mass is 127. The predicted octanol–water partition coefficient (Wildman–Crippen LogP) is 4.29. The lowest BCUT2D eigenvalue weighted by atomic mass is 9.95. The van der Waals surface area contributed by atoms with E-state index in [4.69, 9.17) is 18.9 Å². The summed E-state index contributed by atoms with van der Waals surface area (Å²) in [6, 6.07) is 6.07. The molecule has 1 aliphatic heterocycles. The molecular formula is C27H26BrIN2O7S. The Morgan fingerprint density at radius 1 is 1.15 bits per heavy atom. The molecule has 206 valence electrons. The molecule has 0 unspecified atom stereocenters. The van der Waals surface area contributed by atoms with E-state index in [0.717, 1.165) is 0 Å². The van der Waals surface area contributed by atoms with Crippen LogP contribution in [0.3, 0.4) is 0 Å². The standard InChI is InChI=1S/C27H26BrIN2O7S/c1-6-37-19-12-16(28)15(11-18(19)35-4)23-22(26(34)38-7-2)13(3)30-27-31(23)25(33)21(39-27)10-14-8-17(29)24(32)20(9-14)36-5/h8-12,23,32H,6-7H2,1-5H3/b21-10+/t23-/m1/s1. The van der Waals surface area contributed by atoms with Crippen molar-refractivity contribution >= 4 is 61.9 Å². The fourth-order valence-corrected chi connectivity index (χ4v) is 6.47. The lowest BCUT2D eigenvalue weighted by molar-refractivity contribution is -0.139. The van der Waals surface area contributed by atoms with Crippen LogP contribution in [0, 0.1) is 3.57 Å². The van der Waals surface area contributed by atoms with E-state index in [2.05, 4.69) is 20.9 Å². The first-order valence-corrected chi connectivity index (χ1v) is 14.6. The molecule has 9 nitrogen and oxygen atoms in total. The number of ether oxygens (including phenoxy) is 4. The number of halogens is 2.